The summed E-state index contributed by atoms with van der Waals surface area (Å²) >= 11 is 0. The van der Waals surface area contributed by atoms with E-state index in [0.717, 1.165) is 25.2 Å². The summed E-state index contributed by atoms with van der Waals surface area (Å²) in [5, 5.41) is 7.69. The van der Waals surface area contributed by atoms with Crippen molar-refractivity contribution >= 4 is 11.6 Å². The van der Waals surface area contributed by atoms with Crippen LogP contribution in [0, 0.1) is 6.92 Å². The van der Waals surface area contributed by atoms with Gasteiger partial charge < -0.3 is 10.1 Å². The van der Waals surface area contributed by atoms with Crippen LogP contribution < -0.4 is 5.32 Å². The maximum atomic E-state index is 5.70. The molecule has 19 heavy (non-hydrogen) atoms. The second-order valence-corrected chi connectivity index (χ2v) is 5.15. The largest absolute Gasteiger partial charge is 0.378 e. The molecule has 0 spiro atoms. The average Bonchev–Trinajstić information content (AvgIpc) is 2.82. The van der Waals surface area contributed by atoms with Crippen LogP contribution in [0.1, 0.15) is 31.2 Å². The van der Waals surface area contributed by atoms with Crippen molar-refractivity contribution in [1.82, 2.24) is 14.6 Å². The lowest BCUT2D eigenvalue weighted by Crippen LogP contribution is -2.22. The van der Waals surface area contributed by atoms with Gasteiger partial charge in [0.1, 0.15) is 0 Å². The highest BCUT2D eigenvalue weighted by Crippen LogP contribution is 2.15. The van der Waals surface area contributed by atoms with Gasteiger partial charge in [-0.05, 0) is 44.2 Å². The van der Waals surface area contributed by atoms with Crippen molar-refractivity contribution in [2.24, 2.45) is 0 Å². The highest BCUT2D eigenvalue weighted by atomic mass is 16.5. The molecule has 0 radical (unpaired) electrons. The molecule has 102 valence electrons. The number of nitrogens with one attached hydrogen (secondary N) is 1. The zero-order valence-electron chi connectivity index (χ0n) is 11.3. The fourth-order valence-corrected chi connectivity index (χ4v) is 2.44. The van der Waals surface area contributed by atoms with Gasteiger partial charge in [-0.15, -0.1) is 5.10 Å². The Hall–Kier alpha value is -1.62. The van der Waals surface area contributed by atoms with Crippen LogP contribution in [-0.2, 0) is 4.74 Å². The average molecular weight is 260 g/mol. The summed E-state index contributed by atoms with van der Waals surface area (Å²) in [5.74, 6) is 0.696. The fraction of sp³-hybridized carbons (Fsp3) is 0.571. The second-order valence-electron chi connectivity index (χ2n) is 5.15. The van der Waals surface area contributed by atoms with E-state index in [4.69, 9.17) is 4.74 Å². The van der Waals surface area contributed by atoms with Crippen LogP contribution in [0.25, 0.3) is 5.65 Å². The highest BCUT2D eigenvalue weighted by Gasteiger charge is 2.13. The monoisotopic (exact) mass is 260 g/mol. The number of aromatic nitrogens is 3. The minimum absolute atomic E-state index is 0.403. The molecular weight excluding hydrogens is 240 g/mol. The molecule has 3 heterocycles. The molecule has 5 heteroatoms. The summed E-state index contributed by atoms with van der Waals surface area (Å²) in [7, 11) is 0. The molecule has 0 bridgehead atoms. The topological polar surface area (TPSA) is 51.5 Å². The third kappa shape index (κ3) is 3.04. The zero-order valence-corrected chi connectivity index (χ0v) is 11.3. The quantitative estimate of drug-likeness (QED) is 0.917. The van der Waals surface area contributed by atoms with Gasteiger partial charge in [0.15, 0.2) is 5.65 Å². The molecule has 1 fully saturated rings. The van der Waals surface area contributed by atoms with Gasteiger partial charge in [-0.25, -0.2) is 4.52 Å². The summed E-state index contributed by atoms with van der Waals surface area (Å²) in [4.78, 5) is 4.44. The smallest absolute Gasteiger partial charge is 0.243 e. The molecule has 5 nitrogen and oxygen atoms in total. The van der Waals surface area contributed by atoms with Crippen LogP contribution in [0.5, 0.6) is 0 Å². The summed E-state index contributed by atoms with van der Waals surface area (Å²) in [5.41, 5.74) is 2.06. The second kappa shape index (κ2) is 5.57. The lowest BCUT2D eigenvalue weighted by molar-refractivity contribution is 0.0134. The number of ether oxygens (including phenoxy) is 1. The van der Waals surface area contributed by atoms with Gasteiger partial charge >= 0.3 is 0 Å². The molecule has 2 aromatic heterocycles. The van der Waals surface area contributed by atoms with Gasteiger partial charge in [0.2, 0.25) is 5.95 Å². The number of nitrogens with zero attached hydrogens (tertiary/aromatic N) is 3. The standard InChI is InChI=1S/C14H20N4O/c1-11-5-6-13-16-14(17-18(13)10-11)15-8-7-12-4-2-3-9-19-12/h5-6,10,12H,2-4,7-9H2,1H3,(H,15,17). The van der Waals surface area contributed by atoms with Crippen molar-refractivity contribution in [3.63, 3.8) is 0 Å². The molecule has 1 unspecified atom stereocenters. The first-order chi connectivity index (χ1) is 9.31. The first-order valence-corrected chi connectivity index (χ1v) is 7.00. The van der Waals surface area contributed by atoms with Gasteiger partial charge in [0, 0.05) is 19.3 Å². The summed E-state index contributed by atoms with van der Waals surface area (Å²) < 4.78 is 7.52. The van der Waals surface area contributed by atoms with E-state index in [-0.39, 0.29) is 0 Å². The number of anilines is 1. The molecule has 1 aliphatic rings. The zero-order chi connectivity index (χ0) is 13.1. The van der Waals surface area contributed by atoms with E-state index in [9.17, 15) is 0 Å². The maximum Gasteiger partial charge on any atom is 0.243 e. The minimum Gasteiger partial charge on any atom is -0.378 e. The van der Waals surface area contributed by atoms with E-state index < -0.39 is 0 Å². The van der Waals surface area contributed by atoms with Crippen LogP contribution in [0.2, 0.25) is 0 Å². The predicted octanol–water partition coefficient (Wildman–Crippen LogP) is 2.41. The Morgan fingerprint density at radius 2 is 2.37 bits per heavy atom. The molecular formula is C14H20N4O. The van der Waals surface area contributed by atoms with E-state index in [2.05, 4.69) is 22.3 Å². The van der Waals surface area contributed by atoms with Crippen LogP contribution in [-0.4, -0.2) is 33.9 Å². The SMILES string of the molecule is Cc1ccc2nc(NCCC3CCCCO3)nn2c1. The summed E-state index contributed by atoms with van der Waals surface area (Å²) in [6.07, 6.45) is 7.08. The van der Waals surface area contributed by atoms with Gasteiger partial charge in [-0.1, -0.05) is 6.07 Å². The van der Waals surface area contributed by atoms with Crippen LogP contribution in [0.15, 0.2) is 18.3 Å². The van der Waals surface area contributed by atoms with Gasteiger partial charge in [-0.3, -0.25) is 0 Å². The van der Waals surface area contributed by atoms with Crippen molar-refractivity contribution in [2.45, 2.75) is 38.7 Å². The van der Waals surface area contributed by atoms with Crippen LogP contribution >= 0.6 is 0 Å². The van der Waals surface area contributed by atoms with Crippen molar-refractivity contribution in [3.05, 3.63) is 23.9 Å². The normalized spacial score (nSPS) is 19.7. The van der Waals surface area contributed by atoms with E-state index in [1.165, 1.54) is 24.8 Å². The Morgan fingerprint density at radius 1 is 1.42 bits per heavy atom. The molecule has 0 aliphatic carbocycles. The van der Waals surface area contributed by atoms with Gasteiger partial charge in [0.05, 0.1) is 6.10 Å². The van der Waals surface area contributed by atoms with E-state index in [1.54, 1.807) is 0 Å². The number of aryl methyl sites for hydroxylation is 1. The Labute approximate surface area is 113 Å². The van der Waals surface area contributed by atoms with Crippen LogP contribution in [0.4, 0.5) is 5.95 Å². The number of pyridine rings is 1. The number of fused-ring (bicyclic) bond motifs is 1. The summed E-state index contributed by atoms with van der Waals surface area (Å²) in [6, 6.07) is 4.03. The molecule has 0 aromatic carbocycles. The number of hydrogen-bond acceptors (Lipinski definition) is 4. The Bertz CT molecular complexity index is 545. The molecule has 2 aromatic rings. The summed E-state index contributed by atoms with van der Waals surface area (Å²) in [6.45, 7) is 3.83. The van der Waals surface area contributed by atoms with Crippen LogP contribution in [0.3, 0.4) is 0 Å². The maximum absolute atomic E-state index is 5.70. The molecule has 3 rings (SSSR count). The predicted molar refractivity (Wildman–Crippen MR) is 74.4 cm³/mol. The first-order valence-electron chi connectivity index (χ1n) is 7.00. The highest BCUT2D eigenvalue weighted by molar-refractivity contribution is 5.43. The molecule has 1 atom stereocenters. The fourth-order valence-electron chi connectivity index (χ4n) is 2.44. The molecule has 1 saturated heterocycles. The number of rotatable bonds is 4. The Morgan fingerprint density at radius 3 is 3.21 bits per heavy atom. The lowest BCUT2D eigenvalue weighted by atomic mass is 10.1. The molecule has 0 saturated carbocycles. The van der Waals surface area contributed by atoms with Crippen molar-refractivity contribution < 1.29 is 4.74 Å². The van der Waals surface area contributed by atoms with Gasteiger partial charge in [0.25, 0.3) is 0 Å². The molecule has 1 aliphatic heterocycles. The Kier molecular flexibility index (Phi) is 3.64. The van der Waals surface area contributed by atoms with Gasteiger partial charge in [-0.2, -0.15) is 4.98 Å². The lowest BCUT2D eigenvalue weighted by Gasteiger charge is -2.22. The van der Waals surface area contributed by atoms with E-state index in [0.29, 0.717) is 12.1 Å². The minimum atomic E-state index is 0.403. The Balaban J connectivity index is 1.56. The van der Waals surface area contributed by atoms with E-state index in [1.807, 2.05) is 22.8 Å². The van der Waals surface area contributed by atoms with Crippen molar-refractivity contribution in [3.8, 4) is 0 Å². The van der Waals surface area contributed by atoms with Crippen molar-refractivity contribution in [1.29, 1.82) is 0 Å². The molecule has 0 amide bonds. The molecule has 1 N–H and O–H groups in total. The van der Waals surface area contributed by atoms with E-state index >= 15 is 0 Å². The third-order valence-electron chi connectivity index (χ3n) is 3.50. The third-order valence-corrected chi connectivity index (χ3v) is 3.50. The first kappa shape index (κ1) is 12.4. The number of hydrogen-bond donors (Lipinski definition) is 1. The van der Waals surface area contributed by atoms with Crippen molar-refractivity contribution in [2.75, 3.05) is 18.5 Å².